The second kappa shape index (κ2) is 5.50. The fourth-order valence-corrected chi connectivity index (χ4v) is 2.67. The number of benzene rings is 1. The summed E-state index contributed by atoms with van der Waals surface area (Å²) in [5.41, 5.74) is 14.5. The average molecular weight is 335 g/mol. The van der Waals surface area contributed by atoms with Gasteiger partial charge in [-0.25, -0.2) is 4.98 Å². The number of nitrogens with zero attached hydrogens (tertiary/aromatic N) is 1. The van der Waals surface area contributed by atoms with Crippen LogP contribution < -0.4 is 16.8 Å². The summed E-state index contributed by atoms with van der Waals surface area (Å²) in [7, 11) is 0. The summed E-state index contributed by atoms with van der Waals surface area (Å²) in [6.45, 7) is 3.98. The minimum Gasteiger partial charge on any atom is -0.397 e. The van der Waals surface area contributed by atoms with Crippen molar-refractivity contribution in [3.05, 3.63) is 45.6 Å². The first-order valence-corrected chi connectivity index (χ1v) is 6.77. The van der Waals surface area contributed by atoms with Gasteiger partial charge in [0.15, 0.2) is 0 Å². The number of nitrogens with two attached hydrogens (primary N) is 2. The van der Waals surface area contributed by atoms with Gasteiger partial charge < -0.3 is 16.8 Å². The number of hydrogen-bond donors (Lipinski definition) is 3. The summed E-state index contributed by atoms with van der Waals surface area (Å²) in [5, 5.41) is 3.19. The summed E-state index contributed by atoms with van der Waals surface area (Å²) in [5.74, 6) is -0.0428. The summed E-state index contributed by atoms with van der Waals surface area (Å²) >= 11 is 3.45. The fraction of sp³-hybridized carbons (Fsp3) is 0.143. The Hall–Kier alpha value is -2.08. The van der Waals surface area contributed by atoms with Crippen molar-refractivity contribution in [2.45, 2.75) is 13.8 Å². The lowest BCUT2D eigenvalue weighted by Gasteiger charge is -2.13. The average Bonchev–Trinajstić information content (AvgIpc) is 2.35. The minimum atomic E-state index is -0.572. The van der Waals surface area contributed by atoms with Crippen molar-refractivity contribution in [2.24, 2.45) is 5.73 Å². The quantitative estimate of drug-likeness (QED) is 0.804. The maximum absolute atomic E-state index is 11.3. The summed E-state index contributed by atoms with van der Waals surface area (Å²) in [6, 6.07) is 5.56. The molecule has 1 heterocycles. The van der Waals surface area contributed by atoms with Crippen LogP contribution in [-0.2, 0) is 0 Å². The van der Waals surface area contributed by atoms with Crippen LogP contribution in [0.25, 0.3) is 0 Å². The number of amides is 1. The third kappa shape index (κ3) is 2.91. The Labute approximate surface area is 125 Å². The molecule has 0 fully saturated rings. The topological polar surface area (TPSA) is 94.0 Å². The predicted molar refractivity (Wildman–Crippen MR) is 84.1 cm³/mol. The van der Waals surface area contributed by atoms with Crippen LogP contribution in [0, 0.1) is 13.8 Å². The number of carbonyl (C=O) groups excluding carboxylic acids is 1. The van der Waals surface area contributed by atoms with E-state index in [-0.39, 0.29) is 11.3 Å². The molecule has 1 aromatic heterocycles. The molecule has 1 amide bonds. The zero-order chi connectivity index (χ0) is 14.9. The van der Waals surface area contributed by atoms with Crippen LogP contribution in [0.2, 0.25) is 0 Å². The van der Waals surface area contributed by atoms with Crippen LogP contribution in [-0.4, -0.2) is 10.9 Å². The van der Waals surface area contributed by atoms with E-state index in [9.17, 15) is 4.79 Å². The number of nitrogen functional groups attached to an aromatic ring is 1. The van der Waals surface area contributed by atoms with Gasteiger partial charge in [0.1, 0.15) is 5.82 Å². The first-order chi connectivity index (χ1) is 9.38. The first-order valence-electron chi connectivity index (χ1n) is 5.97. The molecule has 0 radical (unpaired) electrons. The van der Waals surface area contributed by atoms with Gasteiger partial charge in [0.05, 0.1) is 17.4 Å². The van der Waals surface area contributed by atoms with Gasteiger partial charge in [-0.15, -0.1) is 0 Å². The highest BCUT2D eigenvalue weighted by Gasteiger charge is 2.10. The maximum atomic E-state index is 11.3. The highest BCUT2D eigenvalue weighted by molar-refractivity contribution is 9.10. The molecule has 104 valence electrons. The fourth-order valence-electron chi connectivity index (χ4n) is 1.98. The van der Waals surface area contributed by atoms with Gasteiger partial charge in [-0.2, -0.15) is 0 Å². The maximum Gasteiger partial charge on any atom is 0.250 e. The third-order valence-corrected chi connectivity index (χ3v) is 3.41. The van der Waals surface area contributed by atoms with Crippen LogP contribution in [0.1, 0.15) is 21.5 Å². The van der Waals surface area contributed by atoms with Crippen molar-refractivity contribution in [2.75, 3.05) is 11.1 Å². The number of aryl methyl sites for hydroxylation is 2. The Bertz CT molecular complexity index is 662. The Morgan fingerprint density at radius 1 is 1.25 bits per heavy atom. The number of anilines is 3. The number of aromatic nitrogens is 1. The highest BCUT2D eigenvalue weighted by Crippen LogP contribution is 2.28. The number of carbonyl (C=O) groups is 1. The van der Waals surface area contributed by atoms with Crippen molar-refractivity contribution in [1.29, 1.82) is 0 Å². The molecule has 6 heteroatoms. The van der Waals surface area contributed by atoms with E-state index in [0.717, 1.165) is 21.3 Å². The largest absolute Gasteiger partial charge is 0.397 e. The van der Waals surface area contributed by atoms with E-state index in [4.69, 9.17) is 11.5 Å². The van der Waals surface area contributed by atoms with Gasteiger partial charge in [0.25, 0.3) is 5.91 Å². The molecule has 2 aromatic rings. The minimum absolute atomic E-state index is 0.259. The number of nitrogens with one attached hydrogen (secondary N) is 1. The van der Waals surface area contributed by atoms with Gasteiger partial charge in [-0.05, 0) is 43.2 Å². The number of pyridine rings is 1. The molecule has 2 rings (SSSR count). The lowest BCUT2D eigenvalue weighted by Crippen LogP contribution is -2.14. The zero-order valence-corrected chi connectivity index (χ0v) is 12.8. The van der Waals surface area contributed by atoms with Crippen LogP contribution >= 0.6 is 15.9 Å². The first kappa shape index (κ1) is 14.3. The van der Waals surface area contributed by atoms with Gasteiger partial charge in [0, 0.05) is 10.2 Å². The van der Waals surface area contributed by atoms with Crippen LogP contribution in [0.3, 0.4) is 0 Å². The van der Waals surface area contributed by atoms with Crippen molar-refractivity contribution in [1.82, 2.24) is 4.98 Å². The van der Waals surface area contributed by atoms with Crippen molar-refractivity contribution in [3.63, 3.8) is 0 Å². The molecule has 5 nitrogen and oxygen atoms in total. The molecule has 0 aliphatic carbocycles. The molecule has 1 aromatic carbocycles. The van der Waals surface area contributed by atoms with Gasteiger partial charge in [-0.1, -0.05) is 15.9 Å². The Kier molecular flexibility index (Phi) is 3.94. The smallest absolute Gasteiger partial charge is 0.250 e. The number of primary amides is 1. The van der Waals surface area contributed by atoms with Crippen molar-refractivity contribution in [3.8, 4) is 0 Å². The summed E-state index contributed by atoms with van der Waals surface area (Å²) in [6.07, 6.45) is 1.42. The van der Waals surface area contributed by atoms with E-state index in [1.54, 1.807) is 6.07 Å². The molecular formula is C14H15BrN4O. The van der Waals surface area contributed by atoms with Crippen LogP contribution in [0.15, 0.2) is 28.9 Å². The molecular weight excluding hydrogens is 320 g/mol. The van der Waals surface area contributed by atoms with Crippen molar-refractivity contribution >= 4 is 39.0 Å². The zero-order valence-electron chi connectivity index (χ0n) is 11.2. The van der Waals surface area contributed by atoms with Gasteiger partial charge in [0.2, 0.25) is 0 Å². The second-order valence-electron chi connectivity index (χ2n) is 4.56. The molecule has 0 saturated carbocycles. The number of hydrogen-bond acceptors (Lipinski definition) is 4. The van der Waals surface area contributed by atoms with Gasteiger partial charge >= 0.3 is 0 Å². The molecule has 20 heavy (non-hydrogen) atoms. The molecule has 0 spiro atoms. The normalized spacial score (nSPS) is 10.3. The van der Waals surface area contributed by atoms with Gasteiger partial charge in [-0.3, -0.25) is 4.79 Å². The molecule has 0 aliphatic rings. The molecule has 0 aliphatic heterocycles. The number of halogens is 1. The van der Waals surface area contributed by atoms with Crippen LogP contribution in [0.5, 0.6) is 0 Å². The summed E-state index contributed by atoms with van der Waals surface area (Å²) in [4.78, 5) is 15.5. The van der Waals surface area contributed by atoms with E-state index in [0.29, 0.717) is 5.82 Å². The Morgan fingerprint density at radius 3 is 2.40 bits per heavy atom. The lowest BCUT2D eigenvalue weighted by molar-refractivity contribution is 0.100. The molecule has 0 unspecified atom stereocenters. The van der Waals surface area contributed by atoms with E-state index in [2.05, 4.69) is 26.2 Å². The molecule has 0 atom stereocenters. The number of rotatable bonds is 3. The molecule has 0 saturated heterocycles. The van der Waals surface area contributed by atoms with E-state index in [1.807, 2.05) is 26.0 Å². The second-order valence-corrected chi connectivity index (χ2v) is 5.48. The SMILES string of the molecule is Cc1cc(Br)cc(C)c1Nc1cc(C(N)=O)c(N)cn1. The van der Waals surface area contributed by atoms with E-state index >= 15 is 0 Å². The van der Waals surface area contributed by atoms with E-state index < -0.39 is 5.91 Å². The Balaban J connectivity index is 2.41. The predicted octanol–water partition coefficient (Wildman–Crippen LogP) is 2.89. The van der Waals surface area contributed by atoms with E-state index in [1.165, 1.54) is 6.20 Å². The lowest BCUT2D eigenvalue weighted by atomic mass is 10.1. The van der Waals surface area contributed by atoms with Crippen molar-refractivity contribution < 1.29 is 4.79 Å². The molecule has 5 N–H and O–H groups in total. The highest BCUT2D eigenvalue weighted by atomic mass is 79.9. The Morgan fingerprint density at radius 2 is 1.85 bits per heavy atom. The monoisotopic (exact) mass is 334 g/mol. The summed E-state index contributed by atoms with van der Waals surface area (Å²) < 4.78 is 1.01. The standard InChI is InChI=1S/C14H15BrN4O/c1-7-3-9(15)4-8(2)13(7)19-12-5-10(14(17)20)11(16)6-18-12/h3-6H,16H2,1-2H3,(H2,17,20)(H,18,19). The van der Waals surface area contributed by atoms with Crippen LogP contribution in [0.4, 0.5) is 17.2 Å². The molecule has 0 bridgehead atoms. The third-order valence-electron chi connectivity index (χ3n) is 2.95.